The number of aryl methyl sites for hydroxylation is 1. The lowest BCUT2D eigenvalue weighted by Crippen LogP contribution is -2.44. The molecule has 0 amide bonds. The Morgan fingerprint density at radius 2 is 1.67 bits per heavy atom. The molecule has 1 aliphatic heterocycles. The van der Waals surface area contributed by atoms with Crippen LogP contribution < -0.4 is 0 Å². The summed E-state index contributed by atoms with van der Waals surface area (Å²) in [6.07, 6.45) is 3.62. The van der Waals surface area contributed by atoms with Crippen molar-refractivity contribution in [3.05, 3.63) is 29.8 Å². The normalized spacial score (nSPS) is 18.1. The minimum Gasteiger partial charge on any atom is -0.508 e. The molecule has 0 spiro atoms. The second-order valence-corrected chi connectivity index (χ2v) is 5.27. The standard InChI is InChI=1S/C15H24N2O/c1-16-10-12-17(13-11-16)9-3-2-4-14-5-7-15(18)8-6-14/h5-8,18H,2-4,9-13H2,1H3. The first kappa shape index (κ1) is 13.4. The van der Waals surface area contributed by atoms with Gasteiger partial charge in [0.05, 0.1) is 0 Å². The number of phenolic OH excluding ortho intramolecular Hbond substituents is 1. The third-order valence-electron chi connectivity index (χ3n) is 3.72. The lowest BCUT2D eigenvalue weighted by molar-refractivity contribution is 0.152. The van der Waals surface area contributed by atoms with Crippen LogP contribution in [0.3, 0.4) is 0 Å². The lowest BCUT2D eigenvalue weighted by atomic mass is 10.1. The van der Waals surface area contributed by atoms with Crippen LogP contribution in [-0.4, -0.2) is 54.7 Å². The number of likely N-dealkylation sites (N-methyl/N-ethyl adjacent to an activating group) is 1. The third-order valence-corrected chi connectivity index (χ3v) is 3.72. The van der Waals surface area contributed by atoms with Crippen molar-refractivity contribution in [3.8, 4) is 5.75 Å². The highest BCUT2D eigenvalue weighted by Crippen LogP contribution is 2.12. The Bertz CT molecular complexity index is 342. The number of nitrogens with zero attached hydrogens (tertiary/aromatic N) is 2. The van der Waals surface area contributed by atoms with Crippen LogP contribution in [0.15, 0.2) is 24.3 Å². The summed E-state index contributed by atoms with van der Waals surface area (Å²) in [5.74, 6) is 0.358. The summed E-state index contributed by atoms with van der Waals surface area (Å²) in [6.45, 7) is 6.08. The summed E-state index contributed by atoms with van der Waals surface area (Å²) in [5.41, 5.74) is 1.33. The van der Waals surface area contributed by atoms with E-state index >= 15 is 0 Å². The molecule has 3 heteroatoms. The predicted molar refractivity (Wildman–Crippen MR) is 75.0 cm³/mol. The van der Waals surface area contributed by atoms with E-state index in [0.29, 0.717) is 5.75 Å². The molecule has 1 aromatic carbocycles. The van der Waals surface area contributed by atoms with Gasteiger partial charge in [-0.05, 0) is 50.6 Å². The van der Waals surface area contributed by atoms with Gasteiger partial charge in [0.2, 0.25) is 0 Å². The van der Waals surface area contributed by atoms with Gasteiger partial charge < -0.3 is 14.9 Å². The van der Waals surface area contributed by atoms with Gasteiger partial charge in [-0.25, -0.2) is 0 Å². The minimum absolute atomic E-state index is 0.358. The van der Waals surface area contributed by atoms with E-state index in [9.17, 15) is 5.11 Å². The van der Waals surface area contributed by atoms with Crippen LogP contribution in [0.5, 0.6) is 5.75 Å². The van der Waals surface area contributed by atoms with Crippen molar-refractivity contribution >= 4 is 0 Å². The van der Waals surface area contributed by atoms with Crippen LogP contribution in [0.25, 0.3) is 0 Å². The zero-order valence-electron chi connectivity index (χ0n) is 11.3. The fourth-order valence-electron chi connectivity index (χ4n) is 2.40. The molecule has 1 aliphatic rings. The third kappa shape index (κ3) is 4.31. The molecule has 100 valence electrons. The van der Waals surface area contributed by atoms with Gasteiger partial charge >= 0.3 is 0 Å². The molecule has 0 atom stereocenters. The molecule has 0 unspecified atom stereocenters. The monoisotopic (exact) mass is 248 g/mol. The highest BCUT2D eigenvalue weighted by atomic mass is 16.3. The van der Waals surface area contributed by atoms with Crippen molar-refractivity contribution in [3.63, 3.8) is 0 Å². The maximum atomic E-state index is 9.21. The van der Waals surface area contributed by atoms with Gasteiger partial charge in [0.1, 0.15) is 5.75 Å². The summed E-state index contributed by atoms with van der Waals surface area (Å²) in [4.78, 5) is 4.96. The van der Waals surface area contributed by atoms with Crippen LogP contribution in [0, 0.1) is 0 Å². The first-order valence-electron chi connectivity index (χ1n) is 6.93. The Morgan fingerprint density at radius 3 is 2.33 bits per heavy atom. The zero-order chi connectivity index (χ0) is 12.8. The molecule has 0 bridgehead atoms. The van der Waals surface area contributed by atoms with Crippen molar-refractivity contribution in [2.24, 2.45) is 0 Å². The van der Waals surface area contributed by atoms with E-state index in [1.54, 1.807) is 12.1 Å². The summed E-state index contributed by atoms with van der Waals surface area (Å²) in [7, 11) is 2.20. The number of phenols is 1. The van der Waals surface area contributed by atoms with Crippen molar-refractivity contribution in [2.45, 2.75) is 19.3 Å². The summed E-state index contributed by atoms with van der Waals surface area (Å²) < 4.78 is 0. The van der Waals surface area contributed by atoms with Gasteiger partial charge in [-0.1, -0.05) is 12.1 Å². The Labute approximate surface area is 110 Å². The minimum atomic E-state index is 0.358. The zero-order valence-corrected chi connectivity index (χ0v) is 11.3. The summed E-state index contributed by atoms with van der Waals surface area (Å²) in [5, 5.41) is 9.21. The lowest BCUT2D eigenvalue weighted by Gasteiger charge is -2.32. The molecule has 0 aromatic heterocycles. The molecule has 1 heterocycles. The van der Waals surface area contributed by atoms with E-state index in [-0.39, 0.29) is 0 Å². The van der Waals surface area contributed by atoms with Crippen molar-refractivity contribution < 1.29 is 5.11 Å². The van der Waals surface area contributed by atoms with Crippen LogP contribution in [0.2, 0.25) is 0 Å². The largest absolute Gasteiger partial charge is 0.508 e. The van der Waals surface area contributed by atoms with Gasteiger partial charge in [0.25, 0.3) is 0 Å². The number of hydrogen-bond acceptors (Lipinski definition) is 3. The van der Waals surface area contributed by atoms with Crippen LogP contribution in [0.1, 0.15) is 18.4 Å². The SMILES string of the molecule is CN1CCN(CCCCc2ccc(O)cc2)CC1. The van der Waals surface area contributed by atoms with Gasteiger partial charge in [0, 0.05) is 26.2 Å². The smallest absolute Gasteiger partial charge is 0.115 e. The average Bonchev–Trinajstić information content (AvgIpc) is 2.39. The molecule has 1 saturated heterocycles. The van der Waals surface area contributed by atoms with Gasteiger partial charge in [0.15, 0.2) is 0 Å². The van der Waals surface area contributed by atoms with Crippen LogP contribution in [0.4, 0.5) is 0 Å². The molecule has 0 saturated carbocycles. The molecule has 0 radical (unpaired) electrons. The van der Waals surface area contributed by atoms with Crippen molar-refractivity contribution in [1.29, 1.82) is 0 Å². The Hall–Kier alpha value is -1.06. The number of unbranched alkanes of at least 4 members (excludes halogenated alkanes) is 1. The molecule has 1 fully saturated rings. The maximum absolute atomic E-state index is 9.21. The fourth-order valence-corrected chi connectivity index (χ4v) is 2.40. The van der Waals surface area contributed by atoms with E-state index in [0.717, 1.165) is 6.42 Å². The molecule has 1 aromatic rings. The van der Waals surface area contributed by atoms with Crippen molar-refractivity contribution in [2.75, 3.05) is 39.8 Å². The number of hydrogen-bond donors (Lipinski definition) is 1. The van der Waals surface area contributed by atoms with Gasteiger partial charge in [-0.15, -0.1) is 0 Å². The van der Waals surface area contributed by atoms with E-state index in [1.807, 2.05) is 12.1 Å². The van der Waals surface area contributed by atoms with Gasteiger partial charge in [-0.2, -0.15) is 0 Å². The summed E-state index contributed by atoms with van der Waals surface area (Å²) >= 11 is 0. The van der Waals surface area contributed by atoms with Crippen LogP contribution >= 0.6 is 0 Å². The Balaban J connectivity index is 1.60. The van der Waals surface area contributed by atoms with E-state index in [2.05, 4.69) is 16.8 Å². The fraction of sp³-hybridized carbons (Fsp3) is 0.600. The Morgan fingerprint density at radius 1 is 1.00 bits per heavy atom. The number of rotatable bonds is 5. The molecule has 2 rings (SSSR count). The Kier molecular flexibility index (Phi) is 5.02. The molecule has 3 nitrogen and oxygen atoms in total. The second kappa shape index (κ2) is 6.76. The number of piperazine rings is 1. The average molecular weight is 248 g/mol. The molecule has 18 heavy (non-hydrogen) atoms. The second-order valence-electron chi connectivity index (χ2n) is 5.27. The van der Waals surface area contributed by atoms with Crippen LogP contribution in [-0.2, 0) is 6.42 Å². The number of aromatic hydroxyl groups is 1. The maximum Gasteiger partial charge on any atom is 0.115 e. The predicted octanol–water partition coefficient (Wildman–Crippen LogP) is 1.96. The molecule has 0 aliphatic carbocycles. The number of benzene rings is 1. The van der Waals surface area contributed by atoms with E-state index in [1.165, 1.54) is 51.1 Å². The topological polar surface area (TPSA) is 26.7 Å². The highest BCUT2D eigenvalue weighted by Gasteiger charge is 2.12. The molecular weight excluding hydrogens is 224 g/mol. The first-order valence-corrected chi connectivity index (χ1v) is 6.93. The first-order chi connectivity index (χ1) is 8.74. The van der Waals surface area contributed by atoms with Crippen molar-refractivity contribution in [1.82, 2.24) is 9.80 Å². The van der Waals surface area contributed by atoms with E-state index in [4.69, 9.17) is 0 Å². The quantitative estimate of drug-likeness (QED) is 0.807. The highest BCUT2D eigenvalue weighted by molar-refractivity contribution is 5.25. The summed E-state index contributed by atoms with van der Waals surface area (Å²) in [6, 6.07) is 7.59. The molecular formula is C15H24N2O. The van der Waals surface area contributed by atoms with Gasteiger partial charge in [-0.3, -0.25) is 0 Å². The molecule has 1 N–H and O–H groups in total. The van der Waals surface area contributed by atoms with E-state index < -0.39 is 0 Å².